The molecule has 0 aromatic heterocycles. The van der Waals surface area contributed by atoms with Crippen molar-refractivity contribution in [2.45, 2.75) is 12.8 Å². The smallest absolute Gasteiger partial charge is 0.150 e. The Morgan fingerprint density at radius 3 is 2.79 bits per heavy atom. The normalized spacial score (nSPS) is 13.6. The van der Waals surface area contributed by atoms with Crippen LogP contribution in [0.4, 0.5) is 5.69 Å². The van der Waals surface area contributed by atoms with Crippen molar-refractivity contribution in [3.05, 3.63) is 52.0 Å². The van der Waals surface area contributed by atoms with Crippen molar-refractivity contribution < 1.29 is 4.74 Å². The summed E-state index contributed by atoms with van der Waals surface area (Å²) in [7, 11) is 0. The number of rotatable bonds is 2. The minimum Gasteiger partial charge on any atom is -0.454 e. The number of para-hydroxylation sites is 1. The van der Waals surface area contributed by atoms with Gasteiger partial charge < -0.3 is 10.1 Å². The fraction of sp³-hybridized carbons (Fsp3) is 0.200. The zero-order valence-electron chi connectivity index (χ0n) is 10.2. The van der Waals surface area contributed by atoms with Gasteiger partial charge in [0, 0.05) is 11.6 Å². The highest BCUT2D eigenvalue weighted by atomic mass is 35.5. The molecule has 1 aliphatic rings. The van der Waals surface area contributed by atoms with Gasteiger partial charge >= 0.3 is 0 Å². The average Bonchev–Trinajstić information content (AvgIpc) is 2.42. The van der Waals surface area contributed by atoms with Crippen LogP contribution in [0.15, 0.2) is 36.4 Å². The van der Waals surface area contributed by atoms with Crippen LogP contribution >= 0.6 is 23.2 Å². The molecule has 2 aromatic carbocycles. The molecule has 0 amide bonds. The highest BCUT2D eigenvalue weighted by Crippen LogP contribution is 2.38. The quantitative estimate of drug-likeness (QED) is 0.827. The van der Waals surface area contributed by atoms with Crippen LogP contribution < -0.4 is 10.1 Å². The van der Waals surface area contributed by atoms with Gasteiger partial charge in [-0.05, 0) is 42.7 Å². The Kier molecular flexibility index (Phi) is 3.54. The molecule has 19 heavy (non-hydrogen) atoms. The van der Waals surface area contributed by atoms with Gasteiger partial charge in [0.15, 0.2) is 5.75 Å². The third-order valence-corrected chi connectivity index (χ3v) is 3.68. The van der Waals surface area contributed by atoms with E-state index in [0.717, 1.165) is 30.8 Å². The van der Waals surface area contributed by atoms with E-state index in [1.165, 1.54) is 5.56 Å². The molecular formula is C15H13Cl2NO. The fourth-order valence-corrected chi connectivity index (χ4v) is 2.69. The molecule has 1 heterocycles. The van der Waals surface area contributed by atoms with Crippen molar-refractivity contribution in [1.29, 1.82) is 0 Å². The summed E-state index contributed by atoms with van der Waals surface area (Å²) in [4.78, 5) is 0. The van der Waals surface area contributed by atoms with Crippen LogP contribution in [0.5, 0.6) is 11.5 Å². The SMILES string of the molecule is Clc1ccc(Oc2cccc3c2NCCC3)c(Cl)c1. The molecule has 98 valence electrons. The second kappa shape index (κ2) is 5.32. The molecule has 0 fully saturated rings. The highest BCUT2D eigenvalue weighted by Gasteiger charge is 2.14. The molecular weight excluding hydrogens is 281 g/mol. The minimum absolute atomic E-state index is 0.515. The lowest BCUT2D eigenvalue weighted by atomic mass is 10.0. The summed E-state index contributed by atoms with van der Waals surface area (Å²) < 4.78 is 5.91. The second-order valence-electron chi connectivity index (χ2n) is 4.50. The van der Waals surface area contributed by atoms with E-state index in [1.54, 1.807) is 18.2 Å². The van der Waals surface area contributed by atoms with Gasteiger partial charge in [0.05, 0.1) is 10.7 Å². The summed E-state index contributed by atoms with van der Waals surface area (Å²) in [5.41, 5.74) is 2.36. The summed E-state index contributed by atoms with van der Waals surface area (Å²) in [6.45, 7) is 0.974. The maximum Gasteiger partial charge on any atom is 0.150 e. The highest BCUT2D eigenvalue weighted by molar-refractivity contribution is 6.35. The first kappa shape index (κ1) is 12.6. The molecule has 0 radical (unpaired) electrons. The van der Waals surface area contributed by atoms with Crippen molar-refractivity contribution in [3.8, 4) is 11.5 Å². The Morgan fingerprint density at radius 2 is 1.95 bits per heavy atom. The predicted molar refractivity (Wildman–Crippen MR) is 79.8 cm³/mol. The minimum atomic E-state index is 0.515. The molecule has 1 aliphatic heterocycles. The van der Waals surface area contributed by atoms with Crippen molar-refractivity contribution in [2.75, 3.05) is 11.9 Å². The molecule has 0 saturated carbocycles. The number of anilines is 1. The lowest BCUT2D eigenvalue weighted by Crippen LogP contribution is -2.12. The molecule has 0 aliphatic carbocycles. The molecule has 0 unspecified atom stereocenters. The number of aryl methyl sites for hydroxylation is 1. The van der Waals surface area contributed by atoms with Gasteiger partial charge in [0.25, 0.3) is 0 Å². The van der Waals surface area contributed by atoms with Gasteiger partial charge in [-0.2, -0.15) is 0 Å². The first-order chi connectivity index (χ1) is 9.24. The maximum absolute atomic E-state index is 6.13. The van der Waals surface area contributed by atoms with Gasteiger partial charge in [0.1, 0.15) is 5.75 Å². The van der Waals surface area contributed by atoms with Gasteiger partial charge in [-0.1, -0.05) is 35.3 Å². The molecule has 3 rings (SSSR count). The van der Waals surface area contributed by atoms with Crippen molar-refractivity contribution in [1.82, 2.24) is 0 Å². The summed E-state index contributed by atoms with van der Waals surface area (Å²) in [6, 6.07) is 11.3. The molecule has 2 aromatic rings. The second-order valence-corrected chi connectivity index (χ2v) is 5.34. The standard InChI is InChI=1S/C15H13Cl2NO/c16-11-6-7-13(12(17)9-11)19-14-5-1-3-10-4-2-8-18-15(10)14/h1,3,5-7,9,18H,2,4,8H2. The Hall–Kier alpha value is -1.38. The average molecular weight is 294 g/mol. The molecule has 0 atom stereocenters. The van der Waals surface area contributed by atoms with Crippen LogP contribution in [-0.4, -0.2) is 6.54 Å². The van der Waals surface area contributed by atoms with Crippen LogP contribution in [0, 0.1) is 0 Å². The third-order valence-electron chi connectivity index (χ3n) is 3.15. The number of ether oxygens (including phenoxy) is 1. The van der Waals surface area contributed by atoms with E-state index in [0.29, 0.717) is 15.8 Å². The van der Waals surface area contributed by atoms with Gasteiger partial charge in [-0.3, -0.25) is 0 Å². The van der Waals surface area contributed by atoms with E-state index >= 15 is 0 Å². The summed E-state index contributed by atoms with van der Waals surface area (Å²) in [5, 5.41) is 4.51. The van der Waals surface area contributed by atoms with Crippen LogP contribution in [-0.2, 0) is 6.42 Å². The van der Waals surface area contributed by atoms with E-state index in [9.17, 15) is 0 Å². The molecule has 2 nitrogen and oxygen atoms in total. The number of halogens is 2. The van der Waals surface area contributed by atoms with E-state index in [-0.39, 0.29) is 0 Å². The molecule has 0 bridgehead atoms. The number of hydrogen-bond donors (Lipinski definition) is 1. The monoisotopic (exact) mass is 293 g/mol. The fourth-order valence-electron chi connectivity index (χ4n) is 2.24. The predicted octanol–water partition coefficient (Wildman–Crippen LogP) is 5.14. The topological polar surface area (TPSA) is 21.3 Å². The Balaban J connectivity index is 1.95. The molecule has 0 spiro atoms. The number of benzene rings is 2. The zero-order chi connectivity index (χ0) is 13.2. The molecule has 1 N–H and O–H groups in total. The summed E-state index contributed by atoms with van der Waals surface area (Å²) in [5.74, 6) is 1.42. The molecule has 0 saturated heterocycles. The van der Waals surface area contributed by atoms with Crippen molar-refractivity contribution in [3.63, 3.8) is 0 Å². The van der Waals surface area contributed by atoms with E-state index in [1.807, 2.05) is 12.1 Å². The third kappa shape index (κ3) is 2.65. The zero-order valence-corrected chi connectivity index (χ0v) is 11.8. The van der Waals surface area contributed by atoms with Crippen molar-refractivity contribution in [2.24, 2.45) is 0 Å². The maximum atomic E-state index is 6.13. The molecule has 4 heteroatoms. The van der Waals surface area contributed by atoms with Gasteiger partial charge in [-0.25, -0.2) is 0 Å². The van der Waals surface area contributed by atoms with E-state index < -0.39 is 0 Å². The lowest BCUT2D eigenvalue weighted by molar-refractivity contribution is 0.483. The summed E-state index contributed by atoms with van der Waals surface area (Å²) in [6.07, 6.45) is 2.23. The number of nitrogens with one attached hydrogen (secondary N) is 1. The first-order valence-electron chi connectivity index (χ1n) is 6.23. The Labute approximate surface area is 122 Å². The van der Waals surface area contributed by atoms with Gasteiger partial charge in [0.2, 0.25) is 0 Å². The summed E-state index contributed by atoms with van der Waals surface area (Å²) >= 11 is 12.0. The van der Waals surface area contributed by atoms with Crippen LogP contribution in [0.1, 0.15) is 12.0 Å². The van der Waals surface area contributed by atoms with E-state index in [2.05, 4.69) is 11.4 Å². The van der Waals surface area contributed by atoms with Crippen LogP contribution in [0.25, 0.3) is 0 Å². The van der Waals surface area contributed by atoms with E-state index in [4.69, 9.17) is 27.9 Å². The van der Waals surface area contributed by atoms with Gasteiger partial charge in [-0.15, -0.1) is 0 Å². The van der Waals surface area contributed by atoms with Crippen LogP contribution in [0.3, 0.4) is 0 Å². The number of hydrogen-bond acceptors (Lipinski definition) is 2. The largest absolute Gasteiger partial charge is 0.454 e. The first-order valence-corrected chi connectivity index (χ1v) is 6.98. The number of fused-ring (bicyclic) bond motifs is 1. The Morgan fingerprint density at radius 1 is 1.05 bits per heavy atom. The van der Waals surface area contributed by atoms with Crippen LogP contribution in [0.2, 0.25) is 10.0 Å². The van der Waals surface area contributed by atoms with Crippen molar-refractivity contribution >= 4 is 28.9 Å². The lowest BCUT2D eigenvalue weighted by Gasteiger charge is -2.21. The Bertz CT molecular complexity index is 613.